The molecule has 0 amide bonds. The van der Waals surface area contributed by atoms with Crippen molar-refractivity contribution in [1.82, 2.24) is 0 Å². The van der Waals surface area contributed by atoms with Gasteiger partial charge in [0.2, 0.25) is 0 Å². The number of carbonyl (C=O) groups excluding carboxylic acids is 2. The SMILES string of the molecule is CCOC(=O)[C@]1(C#N)[C@H](c2ccc(Cl)cc2Cl)C[C@](O)(c2ccc(Br)cc2)[C@H](C(=O)c2ccc(Br)cc2)[C@@H]1c1ccc(Cl)cc1Cl. The molecule has 0 bridgehead atoms. The summed E-state index contributed by atoms with van der Waals surface area (Å²) in [6.07, 6.45) is -0.253. The van der Waals surface area contributed by atoms with Crippen molar-refractivity contribution in [3.63, 3.8) is 0 Å². The molecule has 1 aliphatic carbocycles. The van der Waals surface area contributed by atoms with Crippen molar-refractivity contribution in [2.75, 3.05) is 6.61 Å². The van der Waals surface area contributed by atoms with E-state index in [9.17, 15) is 20.0 Å². The maximum Gasteiger partial charge on any atom is 0.327 e. The number of ether oxygens (including phenoxy) is 1. The van der Waals surface area contributed by atoms with E-state index in [0.717, 1.165) is 8.95 Å². The molecule has 0 aliphatic heterocycles. The van der Waals surface area contributed by atoms with Crippen molar-refractivity contribution in [1.29, 1.82) is 5.26 Å². The molecule has 11 heteroatoms. The van der Waals surface area contributed by atoms with Crippen LogP contribution >= 0.6 is 78.3 Å². The molecule has 5 nitrogen and oxygen atoms in total. The minimum Gasteiger partial charge on any atom is -0.465 e. The zero-order chi connectivity index (χ0) is 33.4. The van der Waals surface area contributed by atoms with Crippen LogP contribution in [-0.2, 0) is 15.1 Å². The van der Waals surface area contributed by atoms with Crippen LogP contribution in [0.2, 0.25) is 20.1 Å². The van der Waals surface area contributed by atoms with Crippen LogP contribution in [0.15, 0.2) is 93.9 Å². The van der Waals surface area contributed by atoms with E-state index in [1.807, 2.05) is 0 Å². The summed E-state index contributed by atoms with van der Waals surface area (Å²) in [6, 6.07) is 25.2. The Labute approximate surface area is 303 Å². The predicted octanol–water partition coefficient (Wildman–Crippen LogP) is 10.6. The van der Waals surface area contributed by atoms with E-state index in [0.29, 0.717) is 21.2 Å². The molecule has 1 N–H and O–H groups in total. The second kappa shape index (κ2) is 14.0. The van der Waals surface area contributed by atoms with E-state index in [1.165, 1.54) is 12.1 Å². The first-order valence-electron chi connectivity index (χ1n) is 14.1. The third-order valence-corrected chi connectivity index (χ3v) is 10.8. The quantitative estimate of drug-likeness (QED) is 0.148. The number of benzene rings is 4. The molecule has 46 heavy (non-hydrogen) atoms. The Morgan fingerprint density at radius 1 is 0.870 bits per heavy atom. The molecule has 1 fully saturated rings. The fraction of sp³-hybridized carbons (Fsp3) is 0.229. The zero-order valence-electron chi connectivity index (χ0n) is 24.1. The average molecular weight is 825 g/mol. The molecule has 1 saturated carbocycles. The summed E-state index contributed by atoms with van der Waals surface area (Å²) in [4.78, 5) is 29.3. The molecule has 5 atom stereocenters. The standard InChI is InChI=1S/C35H25Br2Cl4NO4/c1-2-46-33(44)34(18-42)27(25-13-11-23(38)15-28(25)40)17-35(45,20-5-9-22(37)10-6-20)31(32(43)19-3-7-21(36)8-4-19)30(34)26-14-12-24(39)16-29(26)41/h3-16,27,30-31,45H,2,17H2,1H3/t27-,30-,31-,34+,35-/m0/s1. The van der Waals surface area contributed by atoms with Crippen LogP contribution in [-0.4, -0.2) is 23.5 Å². The number of rotatable bonds is 7. The maximum atomic E-state index is 14.9. The lowest BCUT2D eigenvalue weighted by Crippen LogP contribution is -2.59. The molecule has 0 unspecified atom stereocenters. The number of ketones is 1. The topological polar surface area (TPSA) is 87.4 Å². The van der Waals surface area contributed by atoms with Gasteiger partial charge >= 0.3 is 5.97 Å². The number of halogens is 6. The van der Waals surface area contributed by atoms with E-state index >= 15 is 0 Å². The number of esters is 1. The fourth-order valence-electron chi connectivity index (χ4n) is 6.58. The summed E-state index contributed by atoms with van der Waals surface area (Å²) in [5.74, 6) is -5.24. The van der Waals surface area contributed by atoms with Gasteiger partial charge in [0.1, 0.15) is 5.60 Å². The largest absolute Gasteiger partial charge is 0.465 e. The molecule has 4 aromatic carbocycles. The molecule has 4 aromatic rings. The molecule has 1 aliphatic rings. The highest BCUT2D eigenvalue weighted by Gasteiger charge is 2.68. The number of hydrogen-bond acceptors (Lipinski definition) is 5. The summed E-state index contributed by atoms with van der Waals surface area (Å²) >= 11 is 33.1. The fourth-order valence-corrected chi connectivity index (χ4v) is 8.18. The molecule has 0 saturated heterocycles. The van der Waals surface area contributed by atoms with Gasteiger partial charge in [-0.05, 0) is 78.6 Å². The lowest BCUT2D eigenvalue weighted by molar-refractivity contribution is -0.164. The summed E-state index contributed by atoms with van der Waals surface area (Å²) in [7, 11) is 0. The van der Waals surface area contributed by atoms with Gasteiger partial charge < -0.3 is 9.84 Å². The molecule has 236 valence electrons. The van der Waals surface area contributed by atoms with Crippen molar-refractivity contribution in [3.8, 4) is 6.07 Å². The highest BCUT2D eigenvalue weighted by Crippen LogP contribution is 2.65. The van der Waals surface area contributed by atoms with Crippen LogP contribution in [0.3, 0.4) is 0 Å². The third-order valence-electron chi connectivity index (χ3n) is 8.59. The van der Waals surface area contributed by atoms with Crippen molar-refractivity contribution < 1.29 is 19.4 Å². The number of carbonyl (C=O) groups is 2. The van der Waals surface area contributed by atoms with Gasteiger partial charge in [0.25, 0.3) is 0 Å². The van der Waals surface area contributed by atoms with Crippen molar-refractivity contribution >= 4 is 90.0 Å². The van der Waals surface area contributed by atoms with Crippen LogP contribution in [0.25, 0.3) is 0 Å². The smallest absolute Gasteiger partial charge is 0.327 e. The zero-order valence-corrected chi connectivity index (χ0v) is 30.3. The Bertz CT molecular complexity index is 1850. The molecule has 0 radical (unpaired) electrons. The highest BCUT2D eigenvalue weighted by molar-refractivity contribution is 9.10. The molecule has 0 aromatic heterocycles. The van der Waals surface area contributed by atoms with Gasteiger partial charge in [0.05, 0.1) is 18.6 Å². The van der Waals surface area contributed by atoms with Crippen LogP contribution < -0.4 is 0 Å². The number of nitrogens with zero attached hydrogens (tertiary/aromatic N) is 1. The van der Waals surface area contributed by atoms with E-state index < -0.39 is 40.5 Å². The summed E-state index contributed by atoms with van der Waals surface area (Å²) in [6.45, 7) is 1.58. The monoisotopic (exact) mass is 821 g/mol. The van der Waals surface area contributed by atoms with Crippen molar-refractivity contribution in [3.05, 3.63) is 136 Å². The van der Waals surface area contributed by atoms with Gasteiger partial charge in [-0.3, -0.25) is 9.59 Å². The summed E-state index contributed by atoms with van der Waals surface area (Å²) < 4.78 is 7.13. The molecule has 5 rings (SSSR count). The van der Waals surface area contributed by atoms with Crippen molar-refractivity contribution in [2.45, 2.75) is 30.8 Å². The maximum absolute atomic E-state index is 14.9. The highest BCUT2D eigenvalue weighted by atomic mass is 79.9. The summed E-state index contributed by atoms with van der Waals surface area (Å²) in [5, 5.41) is 25.3. The van der Waals surface area contributed by atoms with E-state index in [1.54, 1.807) is 79.7 Å². The number of Topliss-reactive ketones (excluding diaryl/α,β-unsaturated/α-hetero) is 1. The first-order valence-corrected chi connectivity index (χ1v) is 17.2. The Hall–Kier alpha value is -2.41. The average Bonchev–Trinajstić information content (AvgIpc) is 3.01. The predicted molar refractivity (Wildman–Crippen MR) is 188 cm³/mol. The summed E-state index contributed by atoms with van der Waals surface area (Å²) in [5.41, 5.74) is -2.77. The number of hydrogen-bond donors (Lipinski definition) is 1. The van der Waals surface area contributed by atoms with Crippen LogP contribution in [0.5, 0.6) is 0 Å². The minimum atomic E-state index is -2.11. The Morgan fingerprint density at radius 2 is 1.39 bits per heavy atom. The number of aliphatic hydroxyl groups is 1. The normalized spacial score (nSPS) is 24.2. The van der Waals surface area contributed by atoms with Gasteiger partial charge in [-0.25, -0.2) is 0 Å². The van der Waals surface area contributed by atoms with Gasteiger partial charge in [0.15, 0.2) is 11.2 Å². The van der Waals surface area contributed by atoms with Crippen LogP contribution in [0.4, 0.5) is 0 Å². The van der Waals surface area contributed by atoms with E-state index in [-0.39, 0.29) is 34.2 Å². The Balaban J connectivity index is 1.94. The van der Waals surface area contributed by atoms with Crippen LogP contribution in [0, 0.1) is 22.7 Å². The second-order valence-corrected chi connectivity index (χ2v) is 14.6. The number of nitriles is 1. The lowest BCUT2D eigenvalue weighted by Gasteiger charge is -2.54. The van der Waals surface area contributed by atoms with E-state index in [4.69, 9.17) is 51.1 Å². The Morgan fingerprint density at radius 3 is 1.89 bits per heavy atom. The minimum absolute atomic E-state index is 0.0489. The van der Waals surface area contributed by atoms with Gasteiger partial charge in [0, 0.05) is 46.4 Å². The first kappa shape index (κ1) is 34.9. The van der Waals surface area contributed by atoms with Crippen LogP contribution in [0.1, 0.15) is 52.2 Å². The van der Waals surface area contributed by atoms with Gasteiger partial charge in [-0.15, -0.1) is 0 Å². The first-order chi connectivity index (χ1) is 21.9. The molecular formula is C35H25Br2Cl4NO4. The van der Waals surface area contributed by atoms with Gasteiger partial charge in [-0.2, -0.15) is 5.26 Å². The Kier molecular flexibility index (Phi) is 10.6. The van der Waals surface area contributed by atoms with Crippen molar-refractivity contribution in [2.24, 2.45) is 11.3 Å². The molecular weight excluding hydrogens is 800 g/mol. The second-order valence-electron chi connectivity index (χ2n) is 11.0. The lowest BCUT2D eigenvalue weighted by atomic mass is 9.47. The molecule has 0 spiro atoms. The van der Waals surface area contributed by atoms with Gasteiger partial charge in [-0.1, -0.05) is 115 Å². The third kappa shape index (κ3) is 6.26. The molecule has 0 heterocycles. The van der Waals surface area contributed by atoms with E-state index in [2.05, 4.69) is 37.9 Å².